The molecule has 1 aliphatic rings. The van der Waals surface area contributed by atoms with E-state index in [9.17, 15) is 4.79 Å². The number of nitrogens with two attached hydrogens (primary N) is 1. The van der Waals surface area contributed by atoms with Crippen LogP contribution < -0.4 is 5.73 Å². The van der Waals surface area contributed by atoms with E-state index in [1.54, 1.807) is 6.07 Å². The zero-order chi connectivity index (χ0) is 14.7. The third kappa shape index (κ3) is 3.29. The van der Waals surface area contributed by atoms with E-state index in [4.69, 9.17) is 10.6 Å². The summed E-state index contributed by atoms with van der Waals surface area (Å²) in [5.74, 6) is -0.404. The van der Waals surface area contributed by atoms with Crippen LogP contribution in [0.1, 0.15) is 22.3 Å². The smallest absolute Gasteiger partial charge is 0.248 e. The molecule has 1 aliphatic heterocycles. The molecule has 1 saturated heterocycles. The summed E-state index contributed by atoms with van der Waals surface area (Å²) >= 11 is 0. The first-order chi connectivity index (χ1) is 10.2. The van der Waals surface area contributed by atoms with Crippen LogP contribution in [0.3, 0.4) is 0 Å². The molecule has 2 N–H and O–H groups in total. The van der Waals surface area contributed by atoms with Crippen molar-refractivity contribution in [3.05, 3.63) is 59.7 Å². The predicted molar refractivity (Wildman–Crippen MR) is 81.4 cm³/mol. The fraction of sp³-hybridized carbons (Fsp3) is 0.235. The second-order valence-corrected chi connectivity index (χ2v) is 5.20. The first-order valence-corrected chi connectivity index (χ1v) is 7.09. The summed E-state index contributed by atoms with van der Waals surface area (Å²) in [7, 11) is 0. The summed E-state index contributed by atoms with van der Waals surface area (Å²) in [6, 6.07) is 15.7. The minimum atomic E-state index is -0.404. The van der Waals surface area contributed by atoms with Gasteiger partial charge in [0.15, 0.2) is 0 Å². The zero-order valence-corrected chi connectivity index (χ0v) is 11.8. The van der Waals surface area contributed by atoms with Crippen molar-refractivity contribution in [1.82, 2.24) is 5.06 Å². The molecule has 4 nitrogen and oxygen atoms in total. The zero-order valence-electron chi connectivity index (χ0n) is 11.8. The van der Waals surface area contributed by atoms with Crippen LogP contribution >= 0.6 is 0 Å². The van der Waals surface area contributed by atoms with Crippen LogP contribution in [0, 0.1) is 0 Å². The molecule has 0 unspecified atom stereocenters. The summed E-state index contributed by atoms with van der Waals surface area (Å²) in [5, 5.41) is 1.99. The summed E-state index contributed by atoms with van der Waals surface area (Å²) in [6.45, 7) is 2.56. The quantitative estimate of drug-likeness (QED) is 0.937. The van der Waals surface area contributed by atoms with E-state index in [0.717, 1.165) is 37.2 Å². The molecule has 0 atom stereocenters. The minimum absolute atomic E-state index is 0.404. The van der Waals surface area contributed by atoms with E-state index in [0.29, 0.717) is 5.56 Å². The standard InChI is InChI=1S/C17H18N2O2/c18-17(20)16-7-2-6-15(11-16)14-5-1-4-13(10-14)12-19-8-3-9-21-19/h1-2,4-7,10-11H,3,8-9,12H2,(H2,18,20). The maximum absolute atomic E-state index is 11.3. The minimum Gasteiger partial charge on any atom is -0.366 e. The Morgan fingerprint density at radius 1 is 1.14 bits per heavy atom. The van der Waals surface area contributed by atoms with Crippen LogP contribution in [0.25, 0.3) is 11.1 Å². The molecule has 108 valence electrons. The number of amides is 1. The highest BCUT2D eigenvalue weighted by atomic mass is 16.7. The van der Waals surface area contributed by atoms with Crippen molar-refractivity contribution in [2.75, 3.05) is 13.2 Å². The van der Waals surface area contributed by atoms with Gasteiger partial charge in [0.2, 0.25) is 5.91 Å². The van der Waals surface area contributed by atoms with Crippen molar-refractivity contribution in [3.63, 3.8) is 0 Å². The van der Waals surface area contributed by atoms with Gasteiger partial charge in [-0.25, -0.2) is 0 Å². The number of benzene rings is 2. The highest BCUT2D eigenvalue weighted by Gasteiger charge is 2.13. The second kappa shape index (κ2) is 6.08. The van der Waals surface area contributed by atoms with Crippen LogP contribution in [0.4, 0.5) is 0 Å². The Morgan fingerprint density at radius 3 is 2.62 bits per heavy atom. The molecule has 21 heavy (non-hydrogen) atoms. The summed E-state index contributed by atoms with van der Waals surface area (Å²) < 4.78 is 0. The van der Waals surface area contributed by atoms with Crippen LogP contribution in [-0.2, 0) is 11.4 Å². The number of nitrogens with zero attached hydrogens (tertiary/aromatic N) is 1. The van der Waals surface area contributed by atoms with Gasteiger partial charge < -0.3 is 5.73 Å². The average molecular weight is 282 g/mol. The maximum atomic E-state index is 11.3. The number of carbonyl (C=O) groups is 1. The van der Waals surface area contributed by atoms with Gasteiger partial charge in [0.1, 0.15) is 0 Å². The van der Waals surface area contributed by atoms with E-state index in [1.165, 1.54) is 5.56 Å². The molecule has 0 radical (unpaired) electrons. The Hall–Kier alpha value is -2.17. The number of rotatable bonds is 4. The highest BCUT2D eigenvalue weighted by Crippen LogP contribution is 2.22. The average Bonchev–Trinajstić information content (AvgIpc) is 3.00. The van der Waals surface area contributed by atoms with Crippen molar-refractivity contribution in [3.8, 4) is 11.1 Å². The van der Waals surface area contributed by atoms with E-state index >= 15 is 0 Å². The number of hydrogen-bond acceptors (Lipinski definition) is 3. The molecule has 4 heteroatoms. The van der Waals surface area contributed by atoms with E-state index < -0.39 is 5.91 Å². The Kier molecular flexibility index (Phi) is 3.99. The van der Waals surface area contributed by atoms with Crippen molar-refractivity contribution in [1.29, 1.82) is 0 Å². The van der Waals surface area contributed by atoms with Crippen LogP contribution in [-0.4, -0.2) is 24.1 Å². The van der Waals surface area contributed by atoms with Gasteiger partial charge in [-0.05, 0) is 41.3 Å². The second-order valence-electron chi connectivity index (χ2n) is 5.20. The SMILES string of the molecule is NC(=O)c1cccc(-c2cccc(CN3CCCO3)c2)c1. The molecule has 0 spiro atoms. The van der Waals surface area contributed by atoms with Crippen LogP contribution in [0.2, 0.25) is 0 Å². The first-order valence-electron chi connectivity index (χ1n) is 7.09. The summed E-state index contributed by atoms with van der Waals surface area (Å²) in [6.07, 6.45) is 1.08. The molecule has 2 aromatic carbocycles. The monoisotopic (exact) mass is 282 g/mol. The van der Waals surface area contributed by atoms with Gasteiger partial charge in [0.05, 0.1) is 6.61 Å². The molecule has 1 fully saturated rings. The molecule has 0 aromatic heterocycles. The molecule has 0 saturated carbocycles. The Bertz CT molecular complexity index is 649. The van der Waals surface area contributed by atoms with Gasteiger partial charge in [-0.15, -0.1) is 0 Å². The van der Waals surface area contributed by atoms with Crippen molar-refractivity contribution < 1.29 is 9.63 Å². The van der Waals surface area contributed by atoms with Crippen molar-refractivity contribution >= 4 is 5.91 Å². The van der Waals surface area contributed by atoms with Gasteiger partial charge in [0.25, 0.3) is 0 Å². The summed E-state index contributed by atoms with van der Waals surface area (Å²) in [4.78, 5) is 16.8. The molecule has 0 bridgehead atoms. The lowest BCUT2D eigenvalue weighted by Crippen LogP contribution is -2.16. The number of hydrogen-bond donors (Lipinski definition) is 1. The van der Waals surface area contributed by atoms with Crippen LogP contribution in [0.5, 0.6) is 0 Å². The lowest BCUT2D eigenvalue weighted by Gasteiger charge is -2.14. The molecular weight excluding hydrogens is 264 g/mol. The van der Waals surface area contributed by atoms with Crippen molar-refractivity contribution in [2.45, 2.75) is 13.0 Å². The Balaban J connectivity index is 1.85. The van der Waals surface area contributed by atoms with Gasteiger partial charge >= 0.3 is 0 Å². The lowest BCUT2D eigenvalue weighted by atomic mass is 10.0. The topological polar surface area (TPSA) is 55.6 Å². The molecule has 1 amide bonds. The van der Waals surface area contributed by atoms with E-state index in [1.807, 2.05) is 35.4 Å². The van der Waals surface area contributed by atoms with E-state index in [-0.39, 0.29) is 0 Å². The van der Waals surface area contributed by atoms with Crippen LogP contribution in [0.15, 0.2) is 48.5 Å². The van der Waals surface area contributed by atoms with E-state index in [2.05, 4.69) is 12.1 Å². The maximum Gasteiger partial charge on any atom is 0.248 e. The van der Waals surface area contributed by atoms with Gasteiger partial charge in [-0.3, -0.25) is 9.63 Å². The molecule has 0 aliphatic carbocycles. The fourth-order valence-corrected chi connectivity index (χ4v) is 2.53. The normalized spacial score (nSPS) is 15.2. The Morgan fingerprint density at radius 2 is 1.90 bits per heavy atom. The lowest BCUT2D eigenvalue weighted by molar-refractivity contribution is -0.117. The number of primary amides is 1. The predicted octanol–water partition coefficient (Wildman–Crippen LogP) is 2.59. The molecule has 2 aromatic rings. The third-order valence-electron chi connectivity index (χ3n) is 3.59. The number of carbonyl (C=O) groups excluding carboxylic acids is 1. The summed E-state index contributed by atoms with van der Waals surface area (Å²) in [5.41, 5.74) is 9.13. The van der Waals surface area contributed by atoms with Gasteiger partial charge in [-0.1, -0.05) is 30.3 Å². The fourth-order valence-electron chi connectivity index (χ4n) is 2.53. The molecule has 3 rings (SSSR count). The highest BCUT2D eigenvalue weighted by molar-refractivity contribution is 5.94. The number of hydroxylamine groups is 2. The molecule has 1 heterocycles. The third-order valence-corrected chi connectivity index (χ3v) is 3.59. The first kappa shape index (κ1) is 13.8. The Labute approximate surface area is 124 Å². The molecular formula is C17H18N2O2. The van der Waals surface area contributed by atoms with Crippen molar-refractivity contribution in [2.24, 2.45) is 5.73 Å². The van der Waals surface area contributed by atoms with Gasteiger partial charge in [0, 0.05) is 18.7 Å². The van der Waals surface area contributed by atoms with Gasteiger partial charge in [-0.2, -0.15) is 5.06 Å². The largest absolute Gasteiger partial charge is 0.366 e.